The number of carbonyl (C=O) groups excluding carboxylic acids is 1. The first-order chi connectivity index (χ1) is 10.2. The average molecular weight is 294 g/mol. The summed E-state index contributed by atoms with van der Waals surface area (Å²) in [6.07, 6.45) is 0.896. The molecule has 0 spiro atoms. The van der Waals surface area contributed by atoms with Crippen molar-refractivity contribution in [3.8, 4) is 5.88 Å². The maximum Gasteiger partial charge on any atom is 0.245 e. The molecule has 1 aromatic heterocycles. The summed E-state index contributed by atoms with van der Waals surface area (Å²) in [5, 5.41) is 2.90. The van der Waals surface area contributed by atoms with Crippen LogP contribution in [0.2, 0.25) is 0 Å². The summed E-state index contributed by atoms with van der Waals surface area (Å²) in [7, 11) is 1.52. The molecule has 1 saturated heterocycles. The zero-order valence-corrected chi connectivity index (χ0v) is 12.5. The van der Waals surface area contributed by atoms with E-state index in [2.05, 4.69) is 10.3 Å². The predicted molar refractivity (Wildman–Crippen MR) is 80.5 cm³/mol. The molecule has 0 aromatic carbocycles. The minimum atomic E-state index is -0.383. The number of morpholine rings is 1. The van der Waals surface area contributed by atoms with Gasteiger partial charge in [0.2, 0.25) is 11.8 Å². The summed E-state index contributed by atoms with van der Waals surface area (Å²) in [5.41, 5.74) is 6.25. The number of nitrogens with two attached hydrogens (primary N) is 1. The van der Waals surface area contributed by atoms with Gasteiger partial charge in [-0.15, -0.1) is 0 Å². The SMILES string of the molecule is CCCNC(=O)C1COCCN1c1ccc(N)c(OC)n1. The molecule has 1 atom stereocenters. The standard InChI is InChI=1S/C14H22N4O3/c1-3-6-16-13(19)11-9-21-8-7-18(11)12-5-4-10(15)14(17-12)20-2/h4-5,11H,3,6-9,15H2,1-2H3,(H,16,19). The fraction of sp³-hybridized carbons (Fsp3) is 0.571. The number of methoxy groups -OCH3 is 1. The fourth-order valence-electron chi connectivity index (χ4n) is 2.23. The molecule has 1 aliphatic rings. The van der Waals surface area contributed by atoms with Crippen LogP contribution >= 0.6 is 0 Å². The van der Waals surface area contributed by atoms with Gasteiger partial charge in [-0.3, -0.25) is 4.79 Å². The van der Waals surface area contributed by atoms with Crippen molar-refractivity contribution in [1.29, 1.82) is 0 Å². The Bertz CT molecular complexity index is 495. The van der Waals surface area contributed by atoms with Crippen molar-refractivity contribution >= 4 is 17.4 Å². The van der Waals surface area contributed by atoms with E-state index in [0.29, 0.717) is 43.7 Å². The van der Waals surface area contributed by atoms with E-state index >= 15 is 0 Å². The molecule has 1 fully saturated rings. The smallest absolute Gasteiger partial charge is 0.245 e. The Morgan fingerprint density at radius 3 is 3.14 bits per heavy atom. The number of hydrogen-bond acceptors (Lipinski definition) is 6. The summed E-state index contributed by atoms with van der Waals surface area (Å²) in [5.74, 6) is 0.988. The van der Waals surface area contributed by atoms with Crippen LogP contribution in [-0.2, 0) is 9.53 Å². The molecule has 0 radical (unpaired) electrons. The maximum absolute atomic E-state index is 12.2. The lowest BCUT2D eigenvalue weighted by molar-refractivity contribution is -0.124. The van der Waals surface area contributed by atoms with E-state index in [-0.39, 0.29) is 11.9 Å². The largest absolute Gasteiger partial charge is 0.479 e. The Morgan fingerprint density at radius 1 is 1.62 bits per heavy atom. The normalized spacial score (nSPS) is 18.4. The number of anilines is 2. The molecule has 0 bridgehead atoms. The van der Waals surface area contributed by atoms with E-state index < -0.39 is 0 Å². The van der Waals surface area contributed by atoms with Crippen LogP contribution in [0.25, 0.3) is 0 Å². The van der Waals surface area contributed by atoms with Crippen molar-refractivity contribution in [2.45, 2.75) is 19.4 Å². The highest BCUT2D eigenvalue weighted by atomic mass is 16.5. The first kappa shape index (κ1) is 15.4. The number of amides is 1. The topological polar surface area (TPSA) is 89.7 Å². The highest BCUT2D eigenvalue weighted by Gasteiger charge is 2.30. The van der Waals surface area contributed by atoms with E-state index in [4.69, 9.17) is 15.2 Å². The number of hydrogen-bond donors (Lipinski definition) is 2. The molecule has 1 amide bonds. The summed E-state index contributed by atoms with van der Waals surface area (Å²) >= 11 is 0. The van der Waals surface area contributed by atoms with Crippen molar-refractivity contribution < 1.29 is 14.3 Å². The molecular formula is C14H22N4O3. The minimum absolute atomic E-state index is 0.0471. The summed E-state index contributed by atoms with van der Waals surface area (Å²) in [6.45, 7) is 4.18. The monoisotopic (exact) mass is 294 g/mol. The van der Waals surface area contributed by atoms with Crippen LogP contribution in [0.4, 0.5) is 11.5 Å². The lowest BCUT2D eigenvalue weighted by atomic mass is 10.2. The van der Waals surface area contributed by atoms with E-state index in [1.165, 1.54) is 7.11 Å². The van der Waals surface area contributed by atoms with Crippen molar-refractivity contribution in [3.05, 3.63) is 12.1 Å². The molecular weight excluding hydrogens is 272 g/mol. The zero-order valence-electron chi connectivity index (χ0n) is 12.5. The molecule has 2 heterocycles. The van der Waals surface area contributed by atoms with E-state index in [1.54, 1.807) is 12.1 Å². The van der Waals surface area contributed by atoms with Crippen molar-refractivity contribution in [3.63, 3.8) is 0 Å². The van der Waals surface area contributed by atoms with Gasteiger partial charge in [0.1, 0.15) is 11.9 Å². The predicted octanol–water partition coefficient (Wildman–Crippen LogP) is 0.404. The second kappa shape index (κ2) is 7.12. The van der Waals surface area contributed by atoms with Crippen molar-refractivity contribution in [2.75, 3.05) is 44.0 Å². The van der Waals surface area contributed by atoms with E-state index in [9.17, 15) is 4.79 Å². The van der Waals surface area contributed by atoms with Crippen molar-refractivity contribution in [1.82, 2.24) is 10.3 Å². The Hall–Kier alpha value is -2.02. The highest BCUT2D eigenvalue weighted by molar-refractivity contribution is 5.85. The first-order valence-corrected chi connectivity index (χ1v) is 7.10. The van der Waals surface area contributed by atoms with Crippen LogP contribution in [0.5, 0.6) is 5.88 Å². The quantitative estimate of drug-likeness (QED) is 0.817. The number of carbonyl (C=O) groups is 1. The van der Waals surface area contributed by atoms with Gasteiger partial charge >= 0.3 is 0 Å². The van der Waals surface area contributed by atoms with Crippen LogP contribution in [0.15, 0.2) is 12.1 Å². The number of nitrogens with one attached hydrogen (secondary N) is 1. The molecule has 1 aromatic rings. The molecule has 1 unspecified atom stereocenters. The zero-order chi connectivity index (χ0) is 15.2. The van der Waals surface area contributed by atoms with Crippen molar-refractivity contribution in [2.24, 2.45) is 0 Å². The third-order valence-corrected chi connectivity index (χ3v) is 3.34. The van der Waals surface area contributed by atoms with Crippen LogP contribution in [0.1, 0.15) is 13.3 Å². The Morgan fingerprint density at radius 2 is 2.43 bits per heavy atom. The Kier molecular flexibility index (Phi) is 5.21. The third-order valence-electron chi connectivity index (χ3n) is 3.34. The summed E-state index contributed by atoms with van der Waals surface area (Å²) in [6, 6.07) is 3.15. The van der Waals surface area contributed by atoms with Crippen LogP contribution in [0, 0.1) is 0 Å². The molecule has 7 heteroatoms. The molecule has 3 N–H and O–H groups in total. The van der Waals surface area contributed by atoms with Gasteiger partial charge in [-0.25, -0.2) is 0 Å². The lowest BCUT2D eigenvalue weighted by Crippen LogP contribution is -2.54. The van der Waals surface area contributed by atoms with Gasteiger partial charge < -0.3 is 25.4 Å². The molecule has 7 nitrogen and oxygen atoms in total. The van der Waals surface area contributed by atoms with Crippen LogP contribution < -0.4 is 20.7 Å². The number of pyridine rings is 1. The number of aromatic nitrogens is 1. The fourth-order valence-corrected chi connectivity index (χ4v) is 2.23. The Labute approximate surface area is 124 Å². The van der Waals surface area contributed by atoms with Gasteiger partial charge in [0.05, 0.1) is 26.0 Å². The van der Waals surface area contributed by atoms with Gasteiger partial charge in [-0.05, 0) is 18.6 Å². The lowest BCUT2D eigenvalue weighted by Gasteiger charge is -2.35. The average Bonchev–Trinajstić information content (AvgIpc) is 2.53. The summed E-state index contributed by atoms with van der Waals surface area (Å²) < 4.78 is 10.6. The van der Waals surface area contributed by atoms with Gasteiger partial charge in [0, 0.05) is 13.1 Å². The van der Waals surface area contributed by atoms with Gasteiger partial charge in [0.15, 0.2) is 0 Å². The maximum atomic E-state index is 12.2. The highest BCUT2D eigenvalue weighted by Crippen LogP contribution is 2.25. The van der Waals surface area contributed by atoms with E-state index in [0.717, 1.165) is 6.42 Å². The van der Waals surface area contributed by atoms with E-state index in [1.807, 2.05) is 11.8 Å². The second-order valence-corrected chi connectivity index (χ2v) is 4.84. The number of nitrogen functional groups attached to an aromatic ring is 1. The van der Waals surface area contributed by atoms with Gasteiger partial charge in [-0.1, -0.05) is 6.92 Å². The van der Waals surface area contributed by atoms with Gasteiger partial charge in [0.25, 0.3) is 0 Å². The van der Waals surface area contributed by atoms with Crippen LogP contribution in [0.3, 0.4) is 0 Å². The molecule has 21 heavy (non-hydrogen) atoms. The van der Waals surface area contributed by atoms with Gasteiger partial charge in [-0.2, -0.15) is 4.98 Å². The number of ether oxygens (including phenoxy) is 2. The Balaban J connectivity index is 2.20. The molecule has 2 rings (SSSR count). The van der Waals surface area contributed by atoms with Crippen LogP contribution in [-0.4, -0.2) is 50.3 Å². The second-order valence-electron chi connectivity index (χ2n) is 4.84. The third kappa shape index (κ3) is 3.55. The molecule has 1 aliphatic heterocycles. The minimum Gasteiger partial charge on any atom is -0.479 e. The molecule has 0 aliphatic carbocycles. The molecule has 116 valence electrons. The number of rotatable bonds is 5. The molecule has 0 saturated carbocycles. The number of nitrogens with zero attached hydrogens (tertiary/aromatic N) is 2. The summed E-state index contributed by atoms with van der Waals surface area (Å²) in [4.78, 5) is 18.5. The first-order valence-electron chi connectivity index (χ1n) is 7.10.